The number of rotatable bonds is 7. The Morgan fingerprint density at radius 2 is 1.85 bits per heavy atom. The SMILES string of the molecule is CCCCC(NCc1ccc(C(C)(C)C)cc1)C(=O)O. The molecule has 1 atom stereocenters. The molecule has 0 aromatic heterocycles. The van der Waals surface area contributed by atoms with Gasteiger partial charge >= 0.3 is 5.97 Å². The van der Waals surface area contributed by atoms with Gasteiger partial charge in [0.15, 0.2) is 0 Å². The summed E-state index contributed by atoms with van der Waals surface area (Å²) in [6.07, 6.45) is 2.64. The van der Waals surface area contributed by atoms with Crippen molar-refractivity contribution in [1.29, 1.82) is 0 Å². The predicted molar refractivity (Wildman–Crippen MR) is 82.9 cm³/mol. The number of hydrogen-bond acceptors (Lipinski definition) is 2. The van der Waals surface area contributed by atoms with Crippen LogP contribution in [0.5, 0.6) is 0 Å². The van der Waals surface area contributed by atoms with Crippen molar-refractivity contribution in [3.8, 4) is 0 Å². The van der Waals surface area contributed by atoms with Crippen LogP contribution in [0, 0.1) is 0 Å². The third kappa shape index (κ3) is 5.33. The van der Waals surface area contributed by atoms with Gasteiger partial charge in [-0.3, -0.25) is 4.79 Å². The van der Waals surface area contributed by atoms with Crippen molar-refractivity contribution in [2.75, 3.05) is 0 Å². The Kier molecular flexibility index (Phi) is 6.21. The third-order valence-corrected chi connectivity index (χ3v) is 3.52. The van der Waals surface area contributed by atoms with E-state index in [1.807, 2.05) is 0 Å². The minimum absolute atomic E-state index is 0.149. The smallest absolute Gasteiger partial charge is 0.320 e. The van der Waals surface area contributed by atoms with Crippen LogP contribution in [0.4, 0.5) is 0 Å². The number of hydrogen-bond donors (Lipinski definition) is 2. The van der Waals surface area contributed by atoms with Gasteiger partial charge < -0.3 is 10.4 Å². The van der Waals surface area contributed by atoms with Gasteiger partial charge in [-0.15, -0.1) is 0 Å². The highest BCUT2D eigenvalue weighted by Gasteiger charge is 2.16. The molecule has 1 unspecified atom stereocenters. The average Bonchev–Trinajstić information content (AvgIpc) is 2.38. The first-order valence-electron chi connectivity index (χ1n) is 7.40. The first kappa shape index (κ1) is 16.7. The molecule has 0 aliphatic heterocycles. The van der Waals surface area contributed by atoms with Crippen molar-refractivity contribution < 1.29 is 9.90 Å². The molecule has 1 rings (SSSR count). The zero-order chi connectivity index (χ0) is 15.2. The van der Waals surface area contributed by atoms with Gasteiger partial charge in [-0.25, -0.2) is 0 Å². The summed E-state index contributed by atoms with van der Waals surface area (Å²) in [6, 6.07) is 7.95. The van der Waals surface area contributed by atoms with Crippen molar-refractivity contribution in [3.05, 3.63) is 35.4 Å². The summed E-state index contributed by atoms with van der Waals surface area (Å²) in [5, 5.41) is 12.3. The van der Waals surface area contributed by atoms with E-state index in [-0.39, 0.29) is 5.41 Å². The van der Waals surface area contributed by atoms with Crippen LogP contribution >= 0.6 is 0 Å². The molecule has 0 fully saturated rings. The molecule has 3 heteroatoms. The van der Waals surface area contributed by atoms with Gasteiger partial charge in [0.25, 0.3) is 0 Å². The molecule has 0 aliphatic carbocycles. The Morgan fingerprint density at radius 3 is 2.30 bits per heavy atom. The Bertz CT molecular complexity index is 418. The van der Waals surface area contributed by atoms with Crippen LogP contribution in [0.1, 0.15) is 58.1 Å². The average molecular weight is 277 g/mol. The lowest BCUT2D eigenvalue weighted by Crippen LogP contribution is -2.36. The number of benzene rings is 1. The van der Waals surface area contributed by atoms with E-state index >= 15 is 0 Å². The van der Waals surface area contributed by atoms with E-state index in [4.69, 9.17) is 5.11 Å². The van der Waals surface area contributed by atoms with Gasteiger partial charge in [-0.1, -0.05) is 64.8 Å². The number of aliphatic carboxylic acids is 1. The summed E-state index contributed by atoms with van der Waals surface area (Å²) in [6.45, 7) is 9.23. The molecule has 0 radical (unpaired) electrons. The van der Waals surface area contributed by atoms with Gasteiger partial charge in [0.1, 0.15) is 6.04 Å². The second kappa shape index (κ2) is 7.44. The number of carboxylic acids is 1. The quantitative estimate of drug-likeness (QED) is 0.798. The van der Waals surface area contributed by atoms with Gasteiger partial charge in [0.05, 0.1) is 0 Å². The van der Waals surface area contributed by atoms with E-state index in [0.29, 0.717) is 13.0 Å². The summed E-state index contributed by atoms with van der Waals surface area (Å²) >= 11 is 0. The first-order valence-corrected chi connectivity index (χ1v) is 7.40. The van der Waals surface area contributed by atoms with Gasteiger partial charge in [-0.2, -0.15) is 0 Å². The molecule has 3 nitrogen and oxygen atoms in total. The lowest BCUT2D eigenvalue weighted by molar-refractivity contribution is -0.139. The predicted octanol–water partition coefficient (Wildman–Crippen LogP) is 3.72. The zero-order valence-electron chi connectivity index (χ0n) is 13.1. The minimum atomic E-state index is -0.759. The fourth-order valence-electron chi connectivity index (χ4n) is 2.08. The highest BCUT2D eigenvalue weighted by atomic mass is 16.4. The molecule has 0 bridgehead atoms. The maximum atomic E-state index is 11.1. The van der Waals surface area contributed by atoms with Crippen LogP contribution in [-0.4, -0.2) is 17.1 Å². The Balaban J connectivity index is 2.58. The van der Waals surface area contributed by atoms with E-state index in [1.165, 1.54) is 5.56 Å². The number of nitrogens with one attached hydrogen (secondary N) is 1. The van der Waals surface area contributed by atoms with Gasteiger partial charge in [-0.05, 0) is 23.0 Å². The Hall–Kier alpha value is -1.35. The second-order valence-corrected chi connectivity index (χ2v) is 6.36. The zero-order valence-corrected chi connectivity index (χ0v) is 13.1. The van der Waals surface area contributed by atoms with Crippen molar-refractivity contribution in [1.82, 2.24) is 5.32 Å². The van der Waals surface area contributed by atoms with Crippen LogP contribution in [0.2, 0.25) is 0 Å². The molecule has 0 saturated carbocycles. The normalized spacial score (nSPS) is 13.2. The van der Waals surface area contributed by atoms with Crippen LogP contribution < -0.4 is 5.32 Å². The molecule has 20 heavy (non-hydrogen) atoms. The topological polar surface area (TPSA) is 49.3 Å². The summed E-state index contributed by atoms with van der Waals surface area (Å²) < 4.78 is 0. The van der Waals surface area contributed by atoms with Crippen LogP contribution in [-0.2, 0) is 16.8 Å². The number of unbranched alkanes of at least 4 members (excludes halogenated alkanes) is 1. The molecule has 1 aromatic carbocycles. The standard InChI is InChI=1S/C17H27NO2/c1-5-6-7-15(16(19)20)18-12-13-8-10-14(11-9-13)17(2,3)4/h8-11,15,18H,5-7,12H2,1-4H3,(H,19,20). The largest absolute Gasteiger partial charge is 0.480 e. The molecular weight excluding hydrogens is 250 g/mol. The van der Waals surface area contributed by atoms with Crippen LogP contribution in [0.25, 0.3) is 0 Å². The molecule has 0 spiro atoms. The molecule has 2 N–H and O–H groups in total. The maximum absolute atomic E-state index is 11.1. The monoisotopic (exact) mass is 277 g/mol. The lowest BCUT2D eigenvalue weighted by atomic mass is 9.87. The molecule has 0 heterocycles. The van der Waals surface area contributed by atoms with Crippen LogP contribution in [0.3, 0.4) is 0 Å². The number of carboxylic acid groups (broad SMARTS) is 1. The summed E-state index contributed by atoms with van der Waals surface area (Å²) in [7, 11) is 0. The highest BCUT2D eigenvalue weighted by Crippen LogP contribution is 2.22. The fraction of sp³-hybridized carbons (Fsp3) is 0.588. The summed E-state index contributed by atoms with van der Waals surface area (Å²) in [5.74, 6) is -0.759. The second-order valence-electron chi connectivity index (χ2n) is 6.36. The van der Waals surface area contributed by atoms with Gasteiger partial charge in [0.2, 0.25) is 0 Å². The van der Waals surface area contributed by atoms with Crippen molar-refractivity contribution >= 4 is 5.97 Å². The first-order chi connectivity index (χ1) is 9.34. The van der Waals surface area contributed by atoms with Crippen molar-refractivity contribution in [2.45, 2.75) is 65.0 Å². The highest BCUT2D eigenvalue weighted by molar-refractivity contribution is 5.73. The van der Waals surface area contributed by atoms with E-state index in [1.54, 1.807) is 0 Å². The van der Waals surface area contributed by atoms with E-state index in [0.717, 1.165) is 18.4 Å². The Labute approximate surface area is 122 Å². The van der Waals surface area contributed by atoms with Crippen LogP contribution in [0.15, 0.2) is 24.3 Å². The summed E-state index contributed by atoms with van der Waals surface area (Å²) in [4.78, 5) is 11.1. The summed E-state index contributed by atoms with van der Waals surface area (Å²) in [5.41, 5.74) is 2.57. The minimum Gasteiger partial charge on any atom is -0.480 e. The molecule has 112 valence electrons. The maximum Gasteiger partial charge on any atom is 0.320 e. The van der Waals surface area contributed by atoms with Gasteiger partial charge in [0, 0.05) is 6.54 Å². The molecule has 1 aromatic rings. The van der Waals surface area contributed by atoms with E-state index in [2.05, 4.69) is 57.3 Å². The molecule has 0 saturated heterocycles. The lowest BCUT2D eigenvalue weighted by Gasteiger charge is -2.19. The molecular formula is C17H27NO2. The van der Waals surface area contributed by atoms with Crippen molar-refractivity contribution in [3.63, 3.8) is 0 Å². The third-order valence-electron chi connectivity index (χ3n) is 3.52. The Morgan fingerprint density at radius 1 is 1.25 bits per heavy atom. The molecule has 0 aliphatic rings. The van der Waals surface area contributed by atoms with E-state index in [9.17, 15) is 4.79 Å². The number of carbonyl (C=O) groups is 1. The van der Waals surface area contributed by atoms with E-state index < -0.39 is 12.0 Å². The van der Waals surface area contributed by atoms with Crippen molar-refractivity contribution in [2.24, 2.45) is 0 Å². The fourth-order valence-corrected chi connectivity index (χ4v) is 2.08. The molecule has 0 amide bonds.